The Bertz CT molecular complexity index is 973. The van der Waals surface area contributed by atoms with Crippen LogP contribution in [0.3, 0.4) is 0 Å². The van der Waals surface area contributed by atoms with Gasteiger partial charge >= 0.3 is 0 Å². The van der Waals surface area contributed by atoms with E-state index in [1.165, 1.54) is 65.5 Å². The standard InChI is InChI=1S/C31H32/c1-5-13-26(14-6-1)15-7-2-12-20-29-23-30(21-27-16-8-3-9-17-27)25-31(24-29)22-28-18-10-4-11-19-28/h1,3-6,8-11,13-14,16-19,23-25H,2,7,12,15,20-22H2. The molecule has 0 amide bonds. The second kappa shape index (κ2) is 11.3. The van der Waals surface area contributed by atoms with Crippen molar-refractivity contribution in [3.05, 3.63) is 143 Å². The second-order valence-corrected chi connectivity index (χ2v) is 8.53. The molecule has 0 aliphatic carbocycles. The normalized spacial score (nSPS) is 10.8. The van der Waals surface area contributed by atoms with E-state index in [2.05, 4.69) is 109 Å². The molecule has 0 heteroatoms. The van der Waals surface area contributed by atoms with Crippen molar-refractivity contribution in [3.8, 4) is 0 Å². The first-order valence-corrected chi connectivity index (χ1v) is 11.6. The van der Waals surface area contributed by atoms with Gasteiger partial charge in [0.15, 0.2) is 0 Å². The highest BCUT2D eigenvalue weighted by Crippen LogP contribution is 2.20. The van der Waals surface area contributed by atoms with Crippen LogP contribution in [0.15, 0.2) is 109 Å². The Hall–Kier alpha value is -3.12. The van der Waals surface area contributed by atoms with Crippen LogP contribution in [0.5, 0.6) is 0 Å². The summed E-state index contributed by atoms with van der Waals surface area (Å²) in [4.78, 5) is 0. The third-order valence-electron chi connectivity index (χ3n) is 5.89. The molecule has 0 atom stereocenters. The van der Waals surface area contributed by atoms with Gasteiger partial charge in [-0.1, -0.05) is 116 Å². The quantitative estimate of drug-likeness (QED) is 0.236. The Kier molecular flexibility index (Phi) is 7.71. The van der Waals surface area contributed by atoms with Crippen LogP contribution in [0.4, 0.5) is 0 Å². The van der Waals surface area contributed by atoms with Crippen LogP contribution in [0.2, 0.25) is 0 Å². The average molecular weight is 405 g/mol. The minimum Gasteiger partial charge on any atom is -0.0622 e. The smallest absolute Gasteiger partial charge is 0.00256 e. The topological polar surface area (TPSA) is 0 Å². The maximum absolute atomic E-state index is 2.43. The summed E-state index contributed by atoms with van der Waals surface area (Å²) in [7, 11) is 0. The van der Waals surface area contributed by atoms with E-state index in [4.69, 9.17) is 0 Å². The maximum atomic E-state index is 2.43. The summed E-state index contributed by atoms with van der Waals surface area (Å²) in [5, 5.41) is 0. The molecule has 0 saturated heterocycles. The summed E-state index contributed by atoms with van der Waals surface area (Å²) in [6, 6.07) is 39.8. The Morgan fingerprint density at radius 2 is 0.710 bits per heavy atom. The summed E-state index contributed by atoms with van der Waals surface area (Å²) in [5.74, 6) is 0. The van der Waals surface area contributed by atoms with Gasteiger partial charge < -0.3 is 0 Å². The maximum Gasteiger partial charge on any atom is -0.00256 e. The molecular weight excluding hydrogens is 372 g/mol. The lowest BCUT2D eigenvalue weighted by Gasteiger charge is -2.11. The Balaban J connectivity index is 1.41. The Morgan fingerprint density at radius 3 is 1.19 bits per heavy atom. The van der Waals surface area contributed by atoms with E-state index >= 15 is 0 Å². The van der Waals surface area contributed by atoms with Crippen molar-refractivity contribution in [2.75, 3.05) is 0 Å². The highest BCUT2D eigenvalue weighted by atomic mass is 14.1. The van der Waals surface area contributed by atoms with Gasteiger partial charge in [-0.25, -0.2) is 0 Å². The molecule has 4 aromatic carbocycles. The SMILES string of the molecule is c1ccc(CCCCCc2cc(Cc3ccccc3)cc(Cc3ccccc3)c2)cc1. The lowest BCUT2D eigenvalue weighted by atomic mass is 9.94. The molecule has 0 bridgehead atoms. The molecule has 0 aliphatic rings. The van der Waals surface area contributed by atoms with Gasteiger partial charge in [0.1, 0.15) is 0 Å². The summed E-state index contributed by atoms with van der Waals surface area (Å²) < 4.78 is 0. The van der Waals surface area contributed by atoms with Crippen molar-refractivity contribution < 1.29 is 0 Å². The zero-order valence-electron chi connectivity index (χ0n) is 18.3. The lowest BCUT2D eigenvalue weighted by molar-refractivity contribution is 0.678. The van der Waals surface area contributed by atoms with Crippen molar-refractivity contribution in [1.82, 2.24) is 0 Å². The van der Waals surface area contributed by atoms with Crippen molar-refractivity contribution in [3.63, 3.8) is 0 Å². The van der Waals surface area contributed by atoms with E-state index in [9.17, 15) is 0 Å². The molecule has 0 radical (unpaired) electrons. The van der Waals surface area contributed by atoms with Crippen LogP contribution in [0.1, 0.15) is 52.6 Å². The fraction of sp³-hybridized carbons (Fsp3) is 0.226. The van der Waals surface area contributed by atoms with Crippen molar-refractivity contribution in [1.29, 1.82) is 0 Å². The number of aryl methyl sites for hydroxylation is 2. The van der Waals surface area contributed by atoms with Gasteiger partial charge in [-0.15, -0.1) is 0 Å². The fourth-order valence-corrected chi connectivity index (χ4v) is 4.33. The third-order valence-corrected chi connectivity index (χ3v) is 5.89. The number of rotatable bonds is 10. The van der Waals surface area contributed by atoms with E-state index in [0.717, 1.165) is 12.8 Å². The van der Waals surface area contributed by atoms with Gasteiger partial charge in [-0.05, 0) is 71.9 Å². The first-order chi connectivity index (χ1) is 15.3. The third kappa shape index (κ3) is 6.96. The Labute approximate surface area is 187 Å². The van der Waals surface area contributed by atoms with Crippen LogP contribution in [-0.4, -0.2) is 0 Å². The number of hydrogen-bond acceptors (Lipinski definition) is 0. The molecule has 0 spiro atoms. The van der Waals surface area contributed by atoms with Crippen LogP contribution in [0.25, 0.3) is 0 Å². The monoisotopic (exact) mass is 404 g/mol. The molecule has 4 rings (SSSR count). The summed E-state index contributed by atoms with van der Waals surface area (Å²) >= 11 is 0. The highest BCUT2D eigenvalue weighted by molar-refractivity contribution is 5.36. The fourth-order valence-electron chi connectivity index (χ4n) is 4.33. The summed E-state index contributed by atoms with van der Waals surface area (Å²) in [6.45, 7) is 0. The molecule has 0 saturated carbocycles. The van der Waals surface area contributed by atoms with E-state index in [0.29, 0.717) is 0 Å². The molecule has 0 nitrogen and oxygen atoms in total. The summed E-state index contributed by atoms with van der Waals surface area (Å²) in [6.07, 6.45) is 8.17. The van der Waals surface area contributed by atoms with E-state index in [1.807, 2.05) is 0 Å². The summed E-state index contributed by atoms with van der Waals surface area (Å²) in [5.41, 5.74) is 8.57. The molecule has 0 heterocycles. The zero-order valence-corrected chi connectivity index (χ0v) is 18.3. The van der Waals surface area contributed by atoms with Gasteiger partial charge in [-0.3, -0.25) is 0 Å². The average Bonchev–Trinajstić information content (AvgIpc) is 2.81. The first-order valence-electron chi connectivity index (χ1n) is 11.6. The molecule has 0 N–H and O–H groups in total. The first kappa shape index (κ1) is 21.1. The van der Waals surface area contributed by atoms with E-state index in [-0.39, 0.29) is 0 Å². The van der Waals surface area contributed by atoms with Gasteiger partial charge in [0, 0.05) is 0 Å². The molecule has 156 valence electrons. The number of unbranched alkanes of at least 4 members (excludes halogenated alkanes) is 2. The molecular formula is C31H32. The predicted molar refractivity (Wildman–Crippen MR) is 133 cm³/mol. The predicted octanol–water partition coefficient (Wildman–Crippen LogP) is 7.82. The minimum atomic E-state index is 1.00. The van der Waals surface area contributed by atoms with E-state index < -0.39 is 0 Å². The zero-order chi connectivity index (χ0) is 21.1. The van der Waals surface area contributed by atoms with Crippen LogP contribution in [-0.2, 0) is 25.7 Å². The largest absolute Gasteiger partial charge is 0.0622 e. The lowest BCUT2D eigenvalue weighted by Crippen LogP contribution is -1.97. The van der Waals surface area contributed by atoms with Crippen molar-refractivity contribution in [2.24, 2.45) is 0 Å². The van der Waals surface area contributed by atoms with Crippen molar-refractivity contribution in [2.45, 2.75) is 44.9 Å². The van der Waals surface area contributed by atoms with Gasteiger partial charge in [0.2, 0.25) is 0 Å². The number of benzene rings is 4. The van der Waals surface area contributed by atoms with E-state index in [1.54, 1.807) is 0 Å². The molecule has 31 heavy (non-hydrogen) atoms. The molecule has 0 aliphatic heterocycles. The molecule has 0 aromatic heterocycles. The van der Waals surface area contributed by atoms with Crippen LogP contribution >= 0.6 is 0 Å². The van der Waals surface area contributed by atoms with Crippen LogP contribution < -0.4 is 0 Å². The minimum absolute atomic E-state index is 1.00. The molecule has 4 aromatic rings. The Morgan fingerprint density at radius 1 is 0.323 bits per heavy atom. The van der Waals surface area contributed by atoms with Gasteiger partial charge in [0.05, 0.1) is 0 Å². The van der Waals surface area contributed by atoms with Gasteiger partial charge in [0.25, 0.3) is 0 Å². The molecule has 0 unspecified atom stereocenters. The second-order valence-electron chi connectivity index (χ2n) is 8.53. The van der Waals surface area contributed by atoms with Gasteiger partial charge in [-0.2, -0.15) is 0 Å². The van der Waals surface area contributed by atoms with Crippen molar-refractivity contribution >= 4 is 0 Å². The molecule has 0 fully saturated rings. The number of hydrogen-bond donors (Lipinski definition) is 0. The van der Waals surface area contributed by atoms with Crippen LogP contribution in [0, 0.1) is 0 Å². The highest BCUT2D eigenvalue weighted by Gasteiger charge is 2.05.